The molecule has 1 aliphatic rings. The lowest BCUT2D eigenvalue weighted by atomic mass is 10.1. The summed E-state index contributed by atoms with van der Waals surface area (Å²) in [6.45, 7) is 0.231. The summed E-state index contributed by atoms with van der Waals surface area (Å²) in [5.74, 6) is -1.86. The van der Waals surface area contributed by atoms with Crippen molar-refractivity contribution in [2.45, 2.75) is 6.10 Å². The van der Waals surface area contributed by atoms with Gasteiger partial charge in [0.05, 0.1) is 17.8 Å². The van der Waals surface area contributed by atoms with Crippen molar-refractivity contribution in [3.05, 3.63) is 23.8 Å². The Morgan fingerprint density at radius 1 is 1.41 bits per heavy atom. The van der Waals surface area contributed by atoms with Crippen LogP contribution in [0.5, 0.6) is 5.75 Å². The van der Waals surface area contributed by atoms with Crippen LogP contribution in [-0.4, -0.2) is 41.8 Å². The first-order valence-electron chi connectivity index (χ1n) is 4.97. The van der Waals surface area contributed by atoms with E-state index in [0.29, 0.717) is 5.69 Å². The van der Waals surface area contributed by atoms with E-state index in [1.54, 1.807) is 18.0 Å². The number of rotatable bonds is 2. The number of fused-ring (bicyclic) bond motifs is 1. The summed E-state index contributed by atoms with van der Waals surface area (Å²) in [6, 6.07) is 4.41. The molecule has 0 aromatic heterocycles. The van der Waals surface area contributed by atoms with E-state index in [9.17, 15) is 9.59 Å². The third kappa shape index (κ3) is 2.01. The summed E-state index contributed by atoms with van der Waals surface area (Å²) in [5.41, 5.74) is 0.760. The first-order valence-corrected chi connectivity index (χ1v) is 4.97. The molecule has 2 N–H and O–H groups in total. The predicted octanol–water partition coefficient (Wildman–Crippen LogP) is 0.667. The Morgan fingerprint density at radius 3 is 2.71 bits per heavy atom. The van der Waals surface area contributed by atoms with E-state index >= 15 is 0 Å². The van der Waals surface area contributed by atoms with Gasteiger partial charge < -0.3 is 19.8 Å². The highest BCUT2D eigenvalue weighted by Crippen LogP contribution is 2.33. The van der Waals surface area contributed by atoms with Gasteiger partial charge in [-0.3, -0.25) is 0 Å². The zero-order valence-corrected chi connectivity index (χ0v) is 9.08. The van der Waals surface area contributed by atoms with E-state index in [4.69, 9.17) is 14.9 Å². The molecule has 0 saturated carbocycles. The Labute approximate surface area is 97.0 Å². The fourth-order valence-corrected chi connectivity index (χ4v) is 1.72. The summed E-state index contributed by atoms with van der Waals surface area (Å²) < 4.78 is 5.25. The van der Waals surface area contributed by atoms with E-state index in [1.807, 2.05) is 0 Å². The lowest BCUT2D eigenvalue weighted by Crippen LogP contribution is -2.42. The highest BCUT2D eigenvalue weighted by molar-refractivity contribution is 5.89. The maximum atomic E-state index is 10.9. The maximum Gasteiger partial charge on any atom is 0.346 e. The average Bonchev–Trinajstić information content (AvgIpc) is 2.27. The maximum absolute atomic E-state index is 10.9. The van der Waals surface area contributed by atoms with Crippen LogP contribution >= 0.6 is 0 Å². The molecule has 0 aliphatic carbocycles. The number of anilines is 1. The largest absolute Gasteiger partial charge is 0.478 e. The van der Waals surface area contributed by atoms with Gasteiger partial charge in [0.2, 0.25) is 6.10 Å². The lowest BCUT2D eigenvalue weighted by Gasteiger charge is -2.31. The third-order valence-electron chi connectivity index (χ3n) is 2.60. The van der Waals surface area contributed by atoms with Crippen molar-refractivity contribution in [1.29, 1.82) is 0 Å². The fraction of sp³-hybridized carbons (Fsp3) is 0.273. The Hall–Kier alpha value is -2.24. The molecule has 0 radical (unpaired) electrons. The van der Waals surface area contributed by atoms with Crippen LogP contribution in [-0.2, 0) is 4.79 Å². The fourth-order valence-electron chi connectivity index (χ4n) is 1.72. The standard InChI is InChI=1S/C11H11NO5/c1-12-5-9(11(15)16)17-8-4-6(10(13)14)2-3-7(8)12/h2-4,9H,5H2,1H3,(H,13,14)(H,15,16). The molecule has 1 aliphatic heterocycles. The van der Waals surface area contributed by atoms with Crippen LogP contribution in [0.4, 0.5) is 5.69 Å². The van der Waals surface area contributed by atoms with Crippen molar-refractivity contribution in [1.82, 2.24) is 0 Å². The van der Waals surface area contributed by atoms with Crippen molar-refractivity contribution in [3.63, 3.8) is 0 Å². The number of ether oxygens (including phenoxy) is 1. The molecule has 1 heterocycles. The van der Waals surface area contributed by atoms with Crippen molar-refractivity contribution < 1.29 is 24.5 Å². The zero-order chi connectivity index (χ0) is 12.6. The highest BCUT2D eigenvalue weighted by atomic mass is 16.5. The number of nitrogens with zero attached hydrogens (tertiary/aromatic N) is 1. The number of carbonyl (C=O) groups is 2. The molecule has 0 bridgehead atoms. The minimum absolute atomic E-state index is 0.0724. The monoisotopic (exact) mass is 237 g/mol. The van der Waals surface area contributed by atoms with Crippen LogP contribution in [0.2, 0.25) is 0 Å². The van der Waals surface area contributed by atoms with Gasteiger partial charge in [0, 0.05) is 7.05 Å². The van der Waals surface area contributed by atoms with E-state index in [1.165, 1.54) is 12.1 Å². The molecule has 17 heavy (non-hydrogen) atoms. The molecular formula is C11H11NO5. The Bertz CT molecular complexity index is 485. The van der Waals surface area contributed by atoms with Crippen molar-refractivity contribution in [3.8, 4) is 5.75 Å². The molecule has 1 aromatic rings. The normalized spacial score (nSPS) is 18.2. The van der Waals surface area contributed by atoms with Gasteiger partial charge in [0.15, 0.2) is 0 Å². The summed E-state index contributed by atoms with van der Waals surface area (Å²) in [7, 11) is 1.73. The molecule has 0 saturated heterocycles. The third-order valence-corrected chi connectivity index (χ3v) is 2.60. The number of benzene rings is 1. The Kier molecular flexibility index (Phi) is 2.63. The van der Waals surface area contributed by atoms with Gasteiger partial charge in [-0.25, -0.2) is 9.59 Å². The summed E-state index contributed by atoms with van der Waals surface area (Å²) in [4.78, 5) is 23.4. The van der Waals surface area contributed by atoms with E-state index < -0.39 is 18.0 Å². The second-order valence-electron chi connectivity index (χ2n) is 3.81. The van der Waals surface area contributed by atoms with Gasteiger partial charge in [-0.05, 0) is 18.2 Å². The Morgan fingerprint density at radius 2 is 2.12 bits per heavy atom. The number of carboxylic acids is 2. The van der Waals surface area contributed by atoms with Crippen molar-refractivity contribution in [2.75, 3.05) is 18.5 Å². The van der Waals surface area contributed by atoms with Gasteiger partial charge in [0.1, 0.15) is 5.75 Å². The summed E-state index contributed by atoms with van der Waals surface area (Å²) >= 11 is 0. The number of aromatic carboxylic acids is 1. The molecule has 1 aromatic carbocycles. The molecule has 6 heteroatoms. The Balaban J connectivity index is 2.40. The average molecular weight is 237 g/mol. The second kappa shape index (κ2) is 3.97. The zero-order valence-electron chi connectivity index (χ0n) is 9.08. The molecule has 2 rings (SSSR count). The van der Waals surface area contributed by atoms with Crippen LogP contribution in [0, 0.1) is 0 Å². The van der Waals surface area contributed by atoms with Gasteiger partial charge in [-0.2, -0.15) is 0 Å². The molecular weight excluding hydrogens is 226 g/mol. The lowest BCUT2D eigenvalue weighted by molar-refractivity contribution is -0.144. The van der Waals surface area contributed by atoms with Crippen LogP contribution in [0.1, 0.15) is 10.4 Å². The van der Waals surface area contributed by atoms with Gasteiger partial charge >= 0.3 is 11.9 Å². The first-order chi connectivity index (χ1) is 7.99. The number of likely N-dealkylation sites (N-methyl/N-ethyl adjacent to an activating group) is 1. The smallest absolute Gasteiger partial charge is 0.346 e. The summed E-state index contributed by atoms with van der Waals surface area (Å²) in [6.07, 6.45) is -0.975. The topological polar surface area (TPSA) is 87.1 Å². The number of carboxylic acid groups (broad SMARTS) is 2. The van der Waals surface area contributed by atoms with Crippen molar-refractivity contribution >= 4 is 17.6 Å². The first kappa shape index (κ1) is 11.3. The second-order valence-corrected chi connectivity index (χ2v) is 3.81. The van der Waals surface area contributed by atoms with E-state index in [0.717, 1.165) is 0 Å². The predicted molar refractivity (Wildman–Crippen MR) is 58.7 cm³/mol. The van der Waals surface area contributed by atoms with Crippen LogP contribution in [0.25, 0.3) is 0 Å². The highest BCUT2D eigenvalue weighted by Gasteiger charge is 2.29. The summed E-state index contributed by atoms with van der Waals surface area (Å²) in [5, 5.41) is 17.7. The molecule has 0 amide bonds. The number of hydrogen-bond acceptors (Lipinski definition) is 4. The molecule has 90 valence electrons. The molecule has 6 nitrogen and oxygen atoms in total. The quantitative estimate of drug-likeness (QED) is 0.786. The van der Waals surface area contributed by atoms with Gasteiger partial charge in [-0.15, -0.1) is 0 Å². The number of hydrogen-bond donors (Lipinski definition) is 2. The van der Waals surface area contributed by atoms with E-state index in [-0.39, 0.29) is 17.9 Å². The molecule has 0 fully saturated rings. The minimum Gasteiger partial charge on any atom is -0.478 e. The molecule has 0 spiro atoms. The van der Waals surface area contributed by atoms with Crippen LogP contribution in [0.15, 0.2) is 18.2 Å². The van der Waals surface area contributed by atoms with Gasteiger partial charge in [0.25, 0.3) is 0 Å². The molecule has 1 unspecified atom stereocenters. The van der Waals surface area contributed by atoms with Gasteiger partial charge in [-0.1, -0.05) is 0 Å². The van der Waals surface area contributed by atoms with Crippen LogP contribution < -0.4 is 9.64 Å². The SMILES string of the molecule is CN1CC(C(=O)O)Oc2cc(C(=O)O)ccc21. The van der Waals surface area contributed by atoms with Crippen molar-refractivity contribution in [2.24, 2.45) is 0 Å². The molecule has 1 atom stereocenters. The minimum atomic E-state index is -1.07. The number of aliphatic carboxylic acids is 1. The van der Waals surface area contributed by atoms with E-state index in [2.05, 4.69) is 0 Å². The van der Waals surface area contributed by atoms with Crippen LogP contribution in [0.3, 0.4) is 0 Å².